The first kappa shape index (κ1) is 16.4. The number of aromatic nitrogens is 3. The van der Waals surface area contributed by atoms with E-state index in [9.17, 15) is 0 Å². The average molecular weight is 275 g/mol. The Morgan fingerprint density at radius 3 is 2.67 bits per heavy atom. The summed E-state index contributed by atoms with van der Waals surface area (Å²) in [7, 11) is 0. The molecule has 0 spiro atoms. The van der Waals surface area contributed by atoms with E-state index >= 15 is 0 Å². The van der Waals surface area contributed by atoms with Gasteiger partial charge in [-0.25, -0.2) is 16.9 Å². The molecule has 0 saturated heterocycles. The van der Waals surface area contributed by atoms with Gasteiger partial charge in [-0.15, -0.1) is 5.10 Å². The Morgan fingerprint density at radius 1 is 1.56 bits per heavy atom. The third-order valence-electron chi connectivity index (χ3n) is 1.94. The summed E-state index contributed by atoms with van der Waals surface area (Å²) in [5.74, 6) is 17.0. The Morgan fingerprint density at radius 2 is 2.22 bits per heavy atom. The van der Waals surface area contributed by atoms with Crippen LogP contribution in [0.4, 0.5) is 5.82 Å². The third-order valence-corrected chi connectivity index (χ3v) is 2.23. The van der Waals surface area contributed by atoms with Crippen molar-refractivity contribution >= 4 is 23.9 Å². The van der Waals surface area contributed by atoms with Gasteiger partial charge in [-0.3, -0.25) is 10.1 Å². The Hall–Kier alpha value is -1.65. The first-order chi connectivity index (χ1) is 8.69. The Balaban J connectivity index is 0.00000137. The SMILES string of the molecule is CC.N/N=C(/CCCN(N)c1n[nH][nH]c1=S)NN. The third kappa shape index (κ3) is 5.12. The van der Waals surface area contributed by atoms with Crippen LogP contribution in [0.15, 0.2) is 5.10 Å². The van der Waals surface area contributed by atoms with Crippen LogP contribution >= 0.6 is 12.2 Å². The Labute approximate surface area is 111 Å². The number of aromatic amines is 2. The highest BCUT2D eigenvalue weighted by atomic mass is 32.1. The van der Waals surface area contributed by atoms with E-state index in [1.54, 1.807) is 0 Å². The second-order valence-corrected chi connectivity index (χ2v) is 3.43. The smallest absolute Gasteiger partial charge is 0.200 e. The van der Waals surface area contributed by atoms with Gasteiger partial charge in [-0.1, -0.05) is 26.1 Å². The highest BCUT2D eigenvalue weighted by Gasteiger charge is 2.07. The van der Waals surface area contributed by atoms with Crippen molar-refractivity contribution in [1.82, 2.24) is 20.8 Å². The zero-order chi connectivity index (χ0) is 14.0. The van der Waals surface area contributed by atoms with Crippen LogP contribution in [0.3, 0.4) is 0 Å². The van der Waals surface area contributed by atoms with Gasteiger partial charge in [0.2, 0.25) is 5.82 Å². The molecule has 9 N–H and O–H groups in total. The summed E-state index contributed by atoms with van der Waals surface area (Å²) in [6.07, 6.45) is 1.32. The molecule has 18 heavy (non-hydrogen) atoms. The lowest BCUT2D eigenvalue weighted by atomic mass is 10.3. The molecule has 0 atom stereocenters. The Bertz CT molecular complexity index is 395. The molecule has 1 rings (SSSR count). The van der Waals surface area contributed by atoms with Crippen LogP contribution < -0.4 is 28.0 Å². The predicted molar refractivity (Wildman–Crippen MR) is 74.8 cm³/mol. The highest BCUT2D eigenvalue weighted by molar-refractivity contribution is 7.71. The van der Waals surface area contributed by atoms with E-state index in [0.717, 1.165) is 6.42 Å². The van der Waals surface area contributed by atoms with Crippen LogP contribution in [-0.4, -0.2) is 27.8 Å². The molecule has 0 aliphatic rings. The lowest BCUT2D eigenvalue weighted by Crippen LogP contribution is -2.35. The number of amidine groups is 1. The molecule has 0 bridgehead atoms. The number of nitrogens with one attached hydrogen (secondary N) is 3. The van der Waals surface area contributed by atoms with Crippen molar-refractivity contribution in [2.75, 3.05) is 11.6 Å². The van der Waals surface area contributed by atoms with Gasteiger partial charge < -0.3 is 11.3 Å². The maximum atomic E-state index is 5.75. The van der Waals surface area contributed by atoms with E-state index in [1.165, 1.54) is 5.01 Å². The van der Waals surface area contributed by atoms with Crippen molar-refractivity contribution in [2.45, 2.75) is 26.7 Å². The topological polar surface area (TPSA) is 150 Å². The molecular weight excluding hydrogens is 254 g/mol. The van der Waals surface area contributed by atoms with E-state index in [4.69, 9.17) is 29.7 Å². The summed E-state index contributed by atoms with van der Waals surface area (Å²) in [4.78, 5) is 0. The van der Waals surface area contributed by atoms with Crippen LogP contribution in [0.1, 0.15) is 26.7 Å². The minimum absolute atomic E-state index is 0.465. The second-order valence-electron chi connectivity index (χ2n) is 3.02. The fourth-order valence-corrected chi connectivity index (χ4v) is 1.34. The standard InChI is InChI=1S/C6H15N9S.C2H6/c7-10-4(11-8)2-1-3-15(9)5-6(16)13-14-12-5;1-2/h1-3,7-9H2,(H,10,11)(H2,12,13,14,16);1-2H3. The number of hydrazine groups is 2. The number of H-pyrrole nitrogens is 2. The van der Waals surface area contributed by atoms with Gasteiger partial charge in [-0.2, -0.15) is 5.10 Å². The molecule has 0 amide bonds. The Kier molecular flexibility index (Phi) is 8.53. The van der Waals surface area contributed by atoms with E-state index in [2.05, 4.69) is 25.9 Å². The van der Waals surface area contributed by atoms with Crippen molar-refractivity contribution in [2.24, 2.45) is 22.6 Å². The summed E-state index contributed by atoms with van der Waals surface area (Å²) in [6, 6.07) is 0. The molecule has 0 unspecified atom stereocenters. The van der Waals surface area contributed by atoms with Gasteiger partial charge in [0.15, 0.2) is 4.64 Å². The molecular formula is C8H21N9S. The largest absolute Gasteiger partial charge is 0.322 e. The maximum absolute atomic E-state index is 5.75. The van der Waals surface area contributed by atoms with Crippen LogP contribution in [0.5, 0.6) is 0 Å². The van der Waals surface area contributed by atoms with Gasteiger partial charge in [0.05, 0.1) is 0 Å². The van der Waals surface area contributed by atoms with Crippen molar-refractivity contribution in [3.8, 4) is 0 Å². The van der Waals surface area contributed by atoms with Gasteiger partial charge in [0, 0.05) is 13.0 Å². The van der Waals surface area contributed by atoms with E-state index in [1.807, 2.05) is 13.8 Å². The molecule has 0 fully saturated rings. The van der Waals surface area contributed by atoms with Gasteiger partial charge in [0.1, 0.15) is 5.84 Å². The zero-order valence-electron chi connectivity index (χ0n) is 10.6. The zero-order valence-corrected chi connectivity index (χ0v) is 11.4. The number of nitrogens with two attached hydrogens (primary N) is 3. The van der Waals surface area contributed by atoms with Crippen molar-refractivity contribution in [3.63, 3.8) is 0 Å². The molecule has 9 nitrogen and oxygen atoms in total. The number of hydrazone groups is 1. The second kappa shape index (κ2) is 9.39. The molecule has 0 radical (unpaired) electrons. The molecule has 10 heteroatoms. The van der Waals surface area contributed by atoms with Crippen LogP contribution in [-0.2, 0) is 0 Å². The van der Waals surface area contributed by atoms with Crippen LogP contribution in [0.2, 0.25) is 0 Å². The van der Waals surface area contributed by atoms with Gasteiger partial charge >= 0.3 is 0 Å². The number of rotatable bonds is 5. The monoisotopic (exact) mass is 275 g/mol. The quantitative estimate of drug-likeness (QED) is 0.142. The first-order valence-electron chi connectivity index (χ1n) is 5.57. The fraction of sp³-hybridized carbons (Fsp3) is 0.625. The molecule has 0 saturated carbocycles. The molecule has 1 aromatic rings. The summed E-state index contributed by atoms with van der Waals surface area (Å²) >= 11 is 4.96. The fourth-order valence-electron chi connectivity index (χ4n) is 1.13. The van der Waals surface area contributed by atoms with Crippen molar-refractivity contribution < 1.29 is 0 Å². The predicted octanol–water partition coefficient (Wildman–Crippen LogP) is -0.311. The maximum Gasteiger partial charge on any atom is 0.200 e. The molecule has 0 aliphatic heterocycles. The summed E-state index contributed by atoms with van der Waals surface area (Å²) in [5, 5.41) is 14.0. The normalized spacial score (nSPS) is 10.6. The van der Waals surface area contributed by atoms with Crippen molar-refractivity contribution in [1.29, 1.82) is 0 Å². The average Bonchev–Trinajstić information content (AvgIpc) is 2.83. The lowest BCUT2D eigenvalue weighted by Gasteiger charge is -2.14. The van der Waals surface area contributed by atoms with Gasteiger partial charge in [-0.05, 0) is 6.42 Å². The minimum atomic E-state index is 0.465. The first-order valence-corrected chi connectivity index (χ1v) is 5.98. The van der Waals surface area contributed by atoms with E-state index in [0.29, 0.717) is 29.3 Å². The van der Waals surface area contributed by atoms with Gasteiger partial charge in [0.25, 0.3) is 0 Å². The molecule has 0 aliphatic carbocycles. The lowest BCUT2D eigenvalue weighted by molar-refractivity contribution is 0.750. The van der Waals surface area contributed by atoms with Crippen LogP contribution in [0, 0.1) is 4.64 Å². The molecule has 1 heterocycles. The number of anilines is 1. The summed E-state index contributed by atoms with van der Waals surface area (Å²) < 4.78 is 0.465. The minimum Gasteiger partial charge on any atom is -0.322 e. The van der Waals surface area contributed by atoms with Crippen molar-refractivity contribution in [3.05, 3.63) is 4.64 Å². The number of hydrogen-bond acceptors (Lipinski definition) is 7. The van der Waals surface area contributed by atoms with E-state index < -0.39 is 0 Å². The highest BCUT2D eigenvalue weighted by Crippen LogP contribution is 2.06. The molecule has 0 aromatic carbocycles. The number of hydrogen-bond donors (Lipinski definition) is 6. The summed E-state index contributed by atoms with van der Waals surface area (Å²) in [5.41, 5.74) is 2.39. The van der Waals surface area contributed by atoms with E-state index in [-0.39, 0.29) is 0 Å². The number of nitrogens with zero attached hydrogens (tertiary/aromatic N) is 3. The molecule has 1 aromatic heterocycles. The molecule has 104 valence electrons. The van der Waals surface area contributed by atoms with Crippen LogP contribution in [0.25, 0.3) is 0 Å². The summed E-state index contributed by atoms with van der Waals surface area (Å²) in [6.45, 7) is 4.56.